The molecule has 0 unspecified atom stereocenters. The number of amides is 2. The van der Waals surface area contributed by atoms with Gasteiger partial charge in [-0.3, -0.25) is 14.8 Å². The molecule has 0 aliphatic heterocycles. The van der Waals surface area contributed by atoms with Gasteiger partial charge in [0.2, 0.25) is 5.91 Å². The molecule has 0 aromatic heterocycles. The van der Waals surface area contributed by atoms with Gasteiger partial charge in [-0.2, -0.15) is 0 Å². The van der Waals surface area contributed by atoms with Gasteiger partial charge in [0.1, 0.15) is 6.04 Å². The van der Waals surface area contributed by atoms with Crippen LogP contribution in [0.25, 0.3) is 0 Å². The van der Waals surface area contributed by atoms with Gasteiger partial charge in [0.05, 0.1) is 5.41 Å². The van der Waals surface area contributed by atoms with Gasteiger partial charge in [-0.15, -0.1) is 0 Å². The fraction of sp³-hybridized carbons (Fsp3) is 0.529. The minimum Gasteiger partial charge on any atom is -0.333 e. The number of carbonyl (C=O) groups excluding carboxylic acids is 2. The lowest BCUT2D eigenvalue weighted by atomic mass is 9.92. The van der Waals surface area contributed by atoms with Crippen molar-refractivity contribution < 1.29 is 14.8 Å². The maximum atomic E-state index is 12.9. The Morgan fingerprint density at radius 3 is 2.18 bits per heavy atom. The van der Waals surface area contributed by atoms with Crippen LogP contribution >= 0.6 is 0 Å². The molecule has 1 saturated carbocycles. The monoisotopic (exact) mass is 304 g/mol. The summed E-state index contributed by atoms with van der Waals surface area (Å²) in [7, 11) is 1.64. The van der Waals surface area contributed by atoms with Crippen LogP contribution in [0.1, 0.15) is 37.8 Å². The Balaban J connectivity index is 2.26. The van der Waals surface area contributed by atoms with Crippen molar-refractivity contribution in [2.75, 3.05) is 7.05 Å². The zero-order valence-corrected chi connectivity index (χ0v) is 13.6. The highest BCUT2D eigenvalue weighted by molar-refractivity contribution is 5.95. The molecule has 1 aliphatic carbocycles. The van der Waals surface area contributed by atoms with Gasteiger partial charge >= 0.3 is 0 Å². The highest BCUT2D eigenvalue weighted by Gasteiger charge is 2.53. The lowest BCUT2D eigenvalue weighted by Crippen LogP contribution is -2.52. The van der Waals surface area contributed by atoms with E-state index in [4.69, 9.17) is 5.21 Å². The molecule has 0 spiro atoms. The second-order valence-corrected chi connectivity index (χ2v) is 6.53. The van der Waals surface area contributed by atoms with E-state index in [0.29, 0.717) is 0 Å². The zero-order chi connectivity index (χ0) is 16.5. The maximum absolute atomic E-state index is 12.9. The van der Waals surface area contributed by atoms with Gasteiger partial charge in [-0.1, -0.05) is 43.7 Å². The molecule has 5 heteroatoms. The first kappa shape index (κ1) is 16.5. The van der Waals surface area contributed by atoms with Crippen LogP contribution in [0.5, 0.6) is 0 Å². The summed E-state index contributed by atoms with van der Waals surface area (Å²) in [4.78, 5) is 26.3. The summed E-state index contributed by atoms with van der Waals surface area (Å²) in [5.41, 5.74) is 3.31. The van der Waals surface area contributed by atoms with Gasteiger partial charge in [0.15, 0.2) is 0 Å². The van der Waals surface area contributed by atoms with Crippen LogP contribution in [0.15, 0.2) is 24.3 Å². The Labute approximate surface area is 131 Å². The number of rotatable bonds is 5. The maximum Gasteiger partial charge on any atom is 0.266 e. The van der Waals surface area contributed by atoms with Crippen molar-refractivity contribution in [2.24, 2.45) is 5.92 Å². The van der Waals surface area contributed by atoms with Crippen molar-refractivity contribution in [2.45, 2.75) is 45.1 Å². The lowest BCUT2D eigenvalue weighted by Gasteiger charge is -2.32. The molecule has 2 N–H and O–H groups in total. The van der Waals surface area contributed by atoms with Crippen LogP contribution in [-0.4, -0.2) is 35.0 Å². The van der Waals surface area contributed by atoms with Gasteiger partial charge in [0.25, 0.3) is 5.91 Å². The summed E-state index contributed by atoms with van der Waals surface area (Å²) in [6, 6.07) is 7.31. The second-order valence-electron chi connectivity index (χ2n) is 6.53. The van der Waals surface area contributed by atoms with E-state index in [1.165, 1.54) is 4.90 Å². The van der Waals surface area contributed by atoms with Crippen LogP contribution in [0.3, 0.4) is 0 Å². The molecule has 0 bridgehead atoms. The number of benzene rings is 1. The molecule has 1 aliphatic rings. The molecular weight excluding hydrogens is 280 g/mol. The fourth-order valence-electron chi connectivity index (χ4n) is 3.08. The average Bonchev–Trinajstić information content (AvgIpc) is 3.28. The SMILES string of the molecule is Cc1ccc(C2(C(=O)N(C)[C@@H](C(=O)NO)C(C)C)CC2)cc1. The summed E-state index contributed by atoms with van der Waals surface area (Å²) in [5.74, 6) is -0.695. The number of carbonyl (C=O) groups is 2. The summed E-state index contributed by atoms with van der Waals surface area (Å²) >= 11 is 0. The molecule has 0 saturated heterocycles. The summed E-state index contributed by atoms with van der Waals surface area (Å²) < 4.78 is 0. The van der Waals surface area contributed by atoms with Crippen LogP contribution in [0.4, 0.5) is 0 Å². The number of nitrogens with zero attached hydrogens (tertiary/aromatic N) is 1. The highest BCUT2D eigenvalue weighted by atomic mass is 16.5. The summed E-state index contributed by atoms with van der Waals surface area (Å²) in [6.07, 6.45) is 1.59. The quantitative estimate of drug-likeness (QED) is 0.646. The molecule has 2 amide bonds. The number of hydrogen-bond donors (Lipinski definition) is 2. The molecular formula is C17H24N2O3. The van der Waals surface area contributed by atoms with E-state index in [1.54, 1.807) is 12.5 Å². The lowest BCUT2D eigenvalue weighted by molar-refractivity contribution is -0.146. The standard InChI is InChI=1S/C17H24N2O3/c1-11(2)14(15(20)18-22)19(4)16(21)17(9-10-17)13-7-5-12(3)6-8-13/h5-8,11,14,22H,9-10H2,1-4H3,(H,18,20)/t14-/m1/s1. The minimum absolute atomic E-state index is 0.0568. The molecule has 0 radical (unpaired) electrons. The van der Waals surface area contributed by atoms with E-state index in [2.05, 4.69) is 0 Å². The number of hydroxylamine groups is 1. The largest absolute Gasteiger partial charge is 0.333 e. The molecule has 1 atom stereocenters. The van der Waals surface area contributed by atoms with Gasteiger partial charge in [-0.25, -0.2) is 5.48 Å². The van der Waals surface area contributed by atoms with Crippen LogP contribution in [-0.2, 0) is 15.0 Å². The van der Waals surface area contributed by atoms with E-state index >= 15 is 0 Å². The summed E-state index contributed by atoms with van der Waals surface area (Å²) in [6.45, 7) is 5.72. The first-order valence-electron chi connectivity index (χ1n) is 7.62. The van der Waals surface area contributed by atoms with Crippen molar-refractivity contribution in [1.29, 1.82) is 0 Å². The Morgan fingerprint density at radius 2 is 1.77 bits per heavy atom. The van der Waals surface area contributed by atoms with Gasteiger partial charge in [-0.05, 0) is 31.2 Å². The van der Waals surface area contributed by atoms with E-state index in [1.807, 2.05) is 45.0 Å². The predicted octanol–water partition coefficient (Wildman–Crippen LogP) is 2.02. The third-order valence-electron chi connectivity index (χ3n) is 4.51. The molecule has 1 aromatic carbocycles. The Kier molecular flexibility index (Phi) is 4.56. The van der Waals surface area contributed by atoms with Crippen molar-refractivity contribution in [1.82, 2.24) is 10.4 Å². The number of likely N-dealkylation sites (N-methyl/N-ethyl adjacent to an activating group) is 1. The molecule has 120 valence electrons. The predicted molar refractivity (Wildman–Crippen MR) is 83.4 cm³/mol. The van der Waals surface area contributed by atoms with Crippen LogP contribution in [0.2, 0.25) is 0 Å². The van der Waals surface area contributed by atoms with Gasteiger partial charge in [0, 0.05) is 7.05 Å². The van der Waals surface area contributed by atoms with Crippen LogP contribution in [0, 0.1) is 12.8 Å². The Hall–Kier alpha value is -1.88. The van der Waals surface area contributed by atoms with Crippen molar-refractivity contribution in [3.8, 4) is 0 Å². The van der Waals surface area contributed by atoms with Crippen LogP contribution < -0.4 is 5.48 Å². The van der Waals surface area contributed by atoms with E-state index in [0.717, 1.165) is 24.0 Å². The Bertz CT molecular complexity index is 562. The molecule has 1 fully saturated rings. The number of aryl methyl sites for hydroxylation is 1. The first-order valence-corrected chi connectivity index (χ1v) is 7.62. The number of nitrogens with one attached hydrogen (secondary N) is 1. The number of hydrogen-bond acceptors (Lipinski definition) is 3. The zero-order valence-electron chi connectivity index (χ0n) is 13.6. The fourth-order valence-corrected chi connectivity index (χ4v) is 3.08. The van der Waals surface area contributed by atoms with Gasteiger partial charge < -0.3 is 4.90 Å². The summed E-state index contributed by atoms with van der Waals surface area (Å²) in [5, 5.41) is 8.91. The molecule has 2 rings (SSSR count). The molecule has 5 nitrogen and oxygen atoms in total. The molecule has 1 aromatic rings. The third-order valence-corrected chi connectivity index (χ3v) is 4.51. The normalized spacial score (nSPS) is 17.0. The second kappa shape index (κ2) is 6.08. The highest BCUT2D eigenvalue weighted by Crippen LogP contribution is 2.49. The smallest absolute Gasteiger partial charge is 0.266 e. The van der Waals surface area contributed by atoms with Crippen molar-refractivity contribution in [3.05, 3.63) is 35.4 Å². The average molecular weight is 304 g/mol. The Morgan fingerprint density at radius 1 is 1.23 bits per heavy atom. The van der Waals surface area contributed by atoms with Crippen molar-refractivity contribution in [3.63, 3.8) is 0 Å². The topological polar surface area (TPSA) is 69.6 Å². The van der Waals surface area contributed by atoms with E-state index in [9.17, 15) is 9.59 Å². The molecule has 22 heavy (non-hydrogen) atoms. The third kappa shape index (κ3) is 2.86. The van der Waals surface area contributed by atoms with Crippen molar-refractivity contribution >= 4 is 11.8 Å². The van der Waals surface area contributed by atoms with E-state index < -0.39 is 17.4 Å². The van der Waals surface area contributed by atoms with E-state index in [-0.39, 0.29) is 11.8 Å². The molecule has 0 heterocycles. The first-order chi connectivity index (χ1) is 10.3. The minimum atomic E-state index is -0.680.